The van der Waals surface area contributed by atoms with Gasteiger partial charge in [0.05, 0.1) is 12.8 Å². The molecule has 0 spiro atoms. The van der Waals surface area contributed by atoms with Crippen LogP contribution in [-0.2, 0) is 13.0 Å². The normalized spacial score (nSPS) is 11.1. The molecule has 0 aliphatic rings. The van der Waals surface area contributed by atoms with Crippen molar-refractivity contribution in [3.63, 3.8) is 0 Å². The fourth-order valence-electron chi connectivity index (χ4n) is 3.64. The Bertz CT molecular complexity index is 1450. The van der Waals surface area contributed by atoms with Crippen molar-refractivity contribution in [2.75, 3.05) is 7.11 Å². The van der Waals surface area contributed by atoms with Crippen molar-refractivity contribution >= 4 is 22.1 Å². The van der Waals surface area contributed by atoms with Crippen molar-refractivity contribution < 1.29 is 9.84 Å². The average Bonchev–Trinajstić information content (AvgIpc) is 2.84. The zero-order valence-electron chi connectivity index (χ0n) is 18.3. The van der Waals surface area contributed by atoms with Crippen molar-refractivity contribution in [2.45, 2.75) is 19.9 Å². The van der Waals surface area contributed by atoms with E-state index < -0.39 is 5.56 Å². The minimum Gasteiger partial charge on any atom is -0.497 e. The molecule has 0 radical (unpaired) electrons. The number of nitrogens with zero attached hydrogens (tertiary/aromatic N) is 4. The van der Waals surface area contributed by atoms with Gasteiger partial charge < -0.3 is 9.84 Å². The van der Waals surface area contributed by atoms with Crippen molar-refractivity contribution in [1.29, 1.82) is 5.26 Å². The molecule has 0 aliphatic heterocycles. The van der Waals surface area contributed by atoms with E-state index >= 15 is 0 Å². The third-order valence-corrected chi connectivity index (χ3v) is 5.55. The van der Waals surface area contributed by atoms with Gasteiger partial charge in [-0.1, -0.05) is 42.5 Å². The molecule has 1 N–H and O–H groups in total. The Morgan fingerprint density at radius 1 is 1.03 bits per heavy atom. The van der Waals surface area contributed by atoms with Crippen LogP contribution in [-0.4, -0.2) is 16.8 Å². The summed E-state index contributed by atoms with van der Waals surface area (Å²) in [6.45, 7) is 1.77. The van der Waals surface area contributed by atoms with Crippen molar-refractivity contribution in [3.05, 3.63) is 93.8 Å². The summed E-state index contributed by atoms with van der Waals surface area (Å²) in [6, 6.07) is 22.9. The first kappa shape index (κ1) is 21.8. The fourth-order valence-corrected chi connectivity index (χ4v) is 3.64. The number of benzene rings is 3. The first-order valence-electron chi connectivity index (χ1n) is 10.4. The number of pyridine rings is 1. The van der Waals surface area contributed by atoms with E-state index in [1.54, 1.807) is 14.0 Å². The Labute approximate surface area is 190 Å². The van der Waals surface area contributed by atoms with Crippen LogP contribution in [0.3, 0.4) is 0 Å². The van der Waals surface area contributed by atoms with Gasteiger partial charge in [-0.25, -0.2) is 0 Å². The lowest BCUT2D eigenvalue weighted by molar-refractivity contribution is 0.403. The fraction of sp³-hybridized carbons (Fsp3) is 0.154. The van der Waals surface area contributed by atoms with Crippen LogP contribution in [0.15, 0.2) is 81.8 Å². The van der Waals surface area contributed by atoms with E-state index in [1.165, 1.54) is 4.57 Å². The summed E-state index contributed by atoms with van der Waals surface area (Å²) in [5.74, 6) is 0.371. The number of aromatic nitrogens is 1. The number of hydrogen-bond acceptors (Lipinski definition) is 6. The number of hydrogen-bond donors (Lipinski definition) is 1. The molecule has 7 nitrogen and oxygen atoms in total. The minimum absolute atomic E-state index is 0.0109. The minimum atomic E-state index is -0.498. The van der Waals surface area contributed by atoms with Crippen LogP contribution in [0, 0.1) is 18.3 Å². The predicted molar refractivity (Wildman–Crippen MR) is 127 cm³/mol. The second-order valence-electron chi connectivity index (χ2n) is 7.57. The number of azo groups is 1. The van der Waals surface area contributed by atoms with Gasteiger partial charge in [0.1, 0.15) is 17.4 Å². The lowest BCUT2D eigenvalue weighted by atomic mass is 10.1. The number of aryl methyl sites for hydroxylation is 1. The van der Waals surface area contributed by atoms with Gasteiger partial charge in [0.2, 0.25) is 5.88 Å². The largest absolute Gasteiger partial charge is 0.497 e. The zero-order valence-corrected chi connectivity index (χ0v) is 18.3. The number of aromatic hydroxyl groups is 1. The van der Waals surface area contributed by atoms with Gasteiger partial charge in [-0.15, -0.1) is 5.11 Å². The Balaban J connectivity index is 1.69. The SMILES string of the molecule is COc1ccc(CCn2c(O)c(C#N)c(C)c(N=Nc3ccc4ccccc4c3)c2=O)cc1. The van der Waals surface area contributed by atoms with Crippen LogP contribution in [0.25, 0.3) is 10.8 Å². The van der Waals surface area contributed by atoms with Crippen LogP contribution in [0.2, 0.25) is 0 Å². The van der Waals surface area contributed by atoms with Gasteiger partial charge in [0.15, 0.2) is 5.69 Å². The molecule has 0 saturated carbocycles. The molecule has 4 aromatic rings. The van der Waals surface area contributed by atoms with Gasteiger partial charge in [-0.3, -0.25) is 9.36 Å². The molecule has 0 atom stereocenters. The van der Waals surface area contributed by atoms with Crippen LogP contribution in [0.4, 0.5) is 11.4 Å². The number of fused-ring (bicyclic) bond motifs is 1. The molecular weight excluding hydrogens is 416 g/mol. The van der Waals surface area contributed by atoms with E-state index in [2.05, 4.69) is 10.2 Å². The second-order valence-corrected chi connectivity index (χ2v) is 7.57. The third kappa shape index (κ3) is 4.46. The predicted octanol–water partition coefficient (Wildman–Crippen LogP) is 5.55. The number of methoxy groups -OCH3 is 1. The molecule has 0 saturated heterocycles. The standard InChI is InChI=1S/C26H22N4O3/c1-17-23(16-27)25(31)30(14-13-18-7-11-22(33-2)12-8-18)26(32)24(17)29-28-21-10-9-19-5-3-4-6-20(19)15-21/h3-12,15,31H,13-14H2,1-2H3. The van der Waals surface area contributed by atoms with E-state index in [9.17, 15) is 15.2 Å². The van der Waals surface area contributed by atoms with Crippen molar-refractivity contribution in [3.8, 4) is 17.7 Å². The Kier molecular flexibility index (Phi) is 6.18. The van der Waals surface area contributed by atoms with E-state index in [0.717, 1.165) is 22.1 Å². The molecule has 0 bridgehead atoms. The summed E-state index contributed by atoms with van der Waals surface area (Å²) in [4.78, 5) is 13.2. The maximum absolute atomic E-state index is 13.2. The number of nitriles is 1. The van der Waals surface area contributed by atoms with Crippen molar-refractivity contribution in [1.82, 2.24) is 4.57 Å². The molecule has 1 heterocycles. The van der Waals surface area contributed by atoms with Gasteiger partial charge in [-0.05, 0) is 53.9 Å². The highest BCUT2D eigenvalue weighted by Crippen LogP contribution is 2.28. The lowest BCUT2D eigenvalue weighted by Gasteiger charge is -2.13. The third-order valence-electron chi connectivity index (χ3n) is 5.55. The quantitative estimate of drug-likeness (QED) is 0.399. The summed E-state index contributed by atoms with van der Waals surface area (Å²) in [7, 11) is 1.59. The second kappa shape index (κ2) is 9.37. The lowest BCUT2D eigenvalue weighted by Crippen LogP contribution is -2.22. The Hall–Kier alpha value is -4.44. The summed E-state index contributed by atoms with van der Waals surface area (Å²) < 4.78 is 6.33. The molecule has 0 amide bonds. The number of rotatable bonds is 6. The molecule has 0 aliphatic carbocycles. The van der Waals surface area contributed by atoms with E-state index in [-0.39, 0.29) is 23.7 Å². The first-order valence-corrected chi connectivity index (χ1v) is 10.4. The van der Waals surface area contributed by atoms with E-state index in [0.29, 0.717) is 17.7 Å². The summed E-state index contributed by atoms with van der Waals surface area (Å²) in [6.07, 6.45) is 0.479. The zero-order chi connectivity index (χ0) is 23.4. The van der Waals surface area contributed by atoms with Crippen LogP contribution in [0.5, 0.6) is 11.6 Å². The van der Waals surface area contributed by atoms with Crippen LogP contribution < -0.4 is 10.3 Å². The monoisotopic (exact) mass is 438 g/mol. The molecule has 33 heavy (non-hydrogen) atoms. The summed E-state index contributed by atoms with van der Waals surface area (Å²) in [5, 5.41) is 30.7. The van der Waals surface area contributed by atoms with E-state index in [1.807, 2.05) is 72.8 Å². The van der Waals surface area contributed by atoms with Gasteiger partial charge in [0, 0.05) is 12.1 Å². The van der Waals surface area contributed by atoms with Gasteiger partial charge in [-0.2, -0.15) is 10.4 Å². The topological polar surface area (TPSA) is 100.0 Å². The number of ether oxygens (including phenoxy) is 1. The first-order chi connectivity index (χ1) is 16.0. The summed E-state index contributed by atoms with van der Waals surface area (Å²) in [5.41, 5.74) is 1.39. The highest BCUT2D eigenvalue weighted by atomic mass is 16.5. The summed E-state index contributed by atoms with van der Waals surface area (Å²) >= 11 is 0. The van der Waals surface area contributed by atoms with Gasteiger partial charge >= 0.3 is 0 Å². The van der Waals surface area contributed by atoms with Crippen LogP contribution in [0.1, 0.15) is 16.7 Å². The molecule has 7 heteroatoms. The maximum Gasteiger partial charge on any atom is 0.281 e. The molecule has 0 unspecified atom stereocenters. The average molecular weight is 438 g/mol. The molecular formula is C26H22N4O3. The molecule has 1 aromatic heterocycles. The van der Waals surface area contributed by atoms with Crippen LogP contribution >= 0.6 is 0 Å². The maximum atomic E-state index is 13.2. The molecule has 164 valence electrons. The highest BCUT2D eigenvalue weighted by Gasteiger charge is 2.19. The van der Waals surface area contributed by atoms with Gasteiger partial charge in [0.25, 0.3) is 5.56 Å². The van der Waals surface area contributed by atoms with E-state index in [4.69, 9.17) is 4.74 Å². The molecule has 0 fully saturated rings. The Morgan fingerprint density at radius 3 is 2.45 bits per heavy atom. The Morgan fingerprint density at radius 2 is 1.76 bits per heavy atom. The highest BCUT2D eigenvalue weighted by molar-refractivity contribution is 5.85. The smallest absolute Gasteiger partial charge is 0.281 e. The molecule has 3 aromatic carbocycles. The molecule has 4 rings (SSSR count). The van der Waals surface area contributed by atoms with Crippen molar-refractivity contribution in [2.24, 2.45) is 10.2 Å².